The highest BCUT2D eigenvalue weighted by Crippen LogP contribution is 2.48. The Balaban J connectivity index is 1.48. The summed E-state index contributed by atoms with van der Waals surface area (Å²) in [6.07, 6.45) is 6.40. The van der Waals surface area contributed by atoms with Crippen molar-refractivity contribution in [2.24, 2.45) is 7.05 Å². The normalized spacial score (nSPS) is 22.3. The largest absolute Gasteiger partial charge is 0.496 e. The first-order chi connectivity index (χ1) is 15.9. The minimum atomic E-state index is -0.213. The molecule has 2 aromatic rings. The van der Waals surface area contributed by atoms with Crippen LogP contribution >= 0.6 is 0 Å². The second-order valence-electron chi connectivity index (χ2n) is 9.91. The Morgan fingerprint density at radius 1 is 1.21 bits per heavy atom. The first-order valence-corrected chi connectivity index (χ1v) is 12.2. The minimum Gasteiger partial charge on any atom is -0.496 e. The van der Waals surface area contributed by atoms with Crippen molar-refractivity contribution in [1.29, 1.82) is 0 Å². The highest BCUT2D eigenvalue weighted by Gasteiger charge is 2.54. The molecular weight excluding hydrogens is 412 g/mol. The average molecular weight is 449 g/mol. The second kappa shape index (κ2) is 8.24. The fourth-order valence-corrected chi connectivity index (χ4v) is 6.30. The van der Waals surface area contributed by atoms with E-state index in [0.717, 1.165) is 44.8 Å². The number of aromatic nitrogens is 1. The molecule has 6 heteroatoms. The molecule has 2 saturated heterocycles. The fourth-order valence-electron chi connectivity index (χ4n) is 6.30. The number of amides is 2. The van der Waals surface area contributed by atoms with Crippen molar-refractivity contribution >= 4 is 6.03 Å². The van der Waals surface area contributed by atoms with Gasteiger partial charge in [-0.3, -0.25) is 9.80 Å². The molecule has 0 N–H and O–H groups in total. The van der Waals surface area contributed by atoms with E-state index in [4.69, 9.17) is 4.74 Å². The van der Waals surface area contributed by atoms with Crippen LogP contribution in [-0.4, -0.2) is 57.6 Å². The Labute approximate surface area is 197 Å². The standard InChI is InChI=1S/C27H36N4O2/c1-6-31-26(32)30-17-21-14-19(2)15-23(33-5)25(21)20(3)16-24(30)27(31)9-12-29(13-10-27)18-22-8-7-11-28(22)4/h7-8,11,14-16,20H,6,9-10,12-13,17-18H2,1-5H3/t20-/m0/s1. The first kappa shape index (κ1) is 22.1. The van der Waals surface area contributed by atoms with E-state index in [1.54, 1.807) is 7.11 Å². The molecule has 6 nitrogen and oxygen atoms in total. The van der Waals surface area contributed by atoms with E-state index in [0.29, 0.717) is 6.54 Å². The van der Waals surface area contributed by atoms with Gasteiger partial charge in [0.2, 0.25) is 0 Å². The molecule has 4 heterocycles. The smallest absolute Gasteiger partial charge is 0.325 e. The minimum absolute atomic E-state index is 0.153. The van der Waals surface area contributed by atoms with Crippen molar-refractivity contribution in [2.75, 3.05) is 26.7 Å². The Bertz CT molecular complexity index is 1090. The molecule has 1 aromatic heterocycles. The van der Waals surface area contributed by atoms with Crippen molar-refractivity contribution < 1.29 is 9.53 Å². The molecule has 0 radical (unpaired) electrons. The number of likely N-dealkylation sites (N-methyl/N-ethyl adjacent to an activating group) is 1. The third-order valence-corrected chi connectivity index (χ3v) is 7.97. The molecule has 1 atom stereocenters. The molecule has 0 aliphatic carbocycles. The molecule has 2 fully saturated rings. The van der Waals surface area contributed by atoms with Gasteiger partial charge in [-0.1, -0.05) is 19.1 Å². The van der Waals surface area contributed by atoms with Gasteiger partial charge in [0.15, 0.2) is 0 Å². The van der Waals surface area contributed by atoms with Gasteiger partial charge in [0.25, 0.3) is 0 Å². The fraction of sp³-hybridized carbons (Fsp3) is 0.519. The topological polar surface area (TPSA) is 41.0 Å². The second-order valence-corrected chi connectivity index (χ2v) is 9.91. The van der Waals surface area contributed by atoms with Gasteiger partial charge in [-0.15, -0.1) is 0 Å². The molecule has 0 unspecified atom stereocenters. The summed E-state index contributed by atoms with van der Waals surface area (Å²) >= 11 is 0. The third kappa shape index (κ3) is 3.46. The summed E-state index contributed by atoms with van der Waals surface area (Å²) in [5.41, 5.74) is 5.92. The maximum Gasteiger partial charge on any atom is 0.325 e. The zero-order valence-electron chi connectivity index (χ0n) is 20.6. The van der Waals surface area contributed by atoms with Gasteiger partial charge in [-0.05, 0) is 56.0 Å². The number of carbonyl (C=O) groups excluding carboxylic acids is 1. The van der Waals surface area contributed by atoms with Crippen molar-refractivity contribution in [3.05, 3.63) is 64.6 Å². The average Bonchev–Trinajstić information content (AvgIpc) is 3.22. The van der Waals surface area contributed by atoms with E-state index in [2.05, 4.69) is 83.6 Å². The van der Waals surface area contributed by atoms with Crippen LogP contribution in [0.5, 0.6) is 5.75 Å². The van der Waals surface area contributed by atoms with Gasteiger partial charge >= 0.3 is 6.03 Å². The summed E-state index contributed by atoms with van der Waals surface area (Å²) in [6.45, 7) is 10.8. The number of hydrogen-bond donors (Lipinski definition) is 0. The van der Waals surface area contributed by atoms with Crippen molar-refractivity contribution in [3.8, 4) is 5.75 Å². The molecule has 2 amide bonds. The third-order valence-electron chi connectivity index (χ3n) is 7.97. The quantitative estimate of drug-likeness (QED) is 0.685. The van der Waals surface area contributed by atoms with Crippen LogP contribution in [0.4, 0.5) is 4.79 Å². The molecule has 3 aliphatic rings. The molecule has 33 heavy (non-hydrogen) atoms. The van der Waals surface area contributed by atoms with E-state index in [1.165, 1.54) is 28.1 Å². The maximum atomic E-state index is 13.7. The number of likely N-dealkylation sites (tertiary alicyclic amines) is 1. The van der Waals surface area contributed by atoms with Crippen LogP contribution in [0.3, 0.4) is 0 Å². The van der Waals surface area contributed by atoms with Gasteiger partial charge in [0.05, 0.1) is 19.2 Å². The number of methoxy groups -OCH3 is 1. The van der Waals surface area contributed by atoms with E-state index < -0.39 is 0 Å². The van der Waals surface area contributed by atoms with Gasteiger partial charge in [-0.2, -0.15) is 0 Å². The Morgan fingerprint density at radius 2 is 1.97 bits per heavy atom. The number of nitrogens with zero attached hydrogens (tertiary/aromatic N) is 4. The number of benzene rings is 1. The van der Waals surface area contributed by atoms with E-state index in [-0.39, 0.29) is 17.5 Å². The van der Waals surface area contributed by atoms with Crippen LogP contribution in [0.25, 0.3) is 0 Å². The molecule has 0 bridgehead atoms. The lowest BCUT2D eigenvalue weighted by molar-refractivity contribution is 0.0878. The highest BCUT2D eigenvalue weighted by molar-refractivity contribution is 5.83. The zero-order chi connectivity index (χ0) is 23.3. The summed E-state index contributed by atoms with van der Waals surface area (Å²) < 4.78 is 7.97. The molecule has 1 aromatic carbocycles. The molecule has 176 valence electrons. The monoisotopic (exact) mass is 448 g/mol. The number of ether oxygens (including phenoxy) is 1. The lowest BCUT2D eigenvalue weighted by Crippen LogP contribution is -2.53. The maximum absolute atomic E-state index is 13.7. The Kier molecular flexibility index (Phi) is 5.52. The summed E-state index contributed by atoms with van der Waals surface area (Å²) in [4.78, 5) is 20.4. The summed E-state index contributed by atoms with van der Waals surface area (Å²) in [5.74, 6) is 1.13. The number of rotatable bonds is 4. The molecule has 3 aliphatic heterocycles. The van der Waals surface area contributed by atoms with Gasteiger partial charge < -0.3 is 14.2 Å². The molecule has 1 spiro atoms. The van der Waals surface area contributed by atoms with E-state index in [9.17, 15) is 4.79 Å². The van der Waals surface area contributed by atoms with Crippen molar-refractivity contribution in [1.82, 2.24) is 19.3 Å². The lowest BCUT2D eigenvalue weighted by Gasteiger charge is -2.44. The van der Waals surface area contributed by atoms with Gasteiger partial charge in [0.1, 0.15) is 5.75 Å². The van der Waals surface area contributed by atoms with Crippen molar-refractivity contribution in [2.45, 2.75) is 58.2 Å². The van der Waals surface area contributed by atoms with Crippen LogP contribution in [0.15, 0.2) is 42.2 Å². The summed E-state index contributed by atoms with van der Waals surface area (Å²) in [6, 6.07) is 8.80. The van der Waals surface area contributed by atoms with E-state index >= 15 is 0 Å². The van der Waals surface area contributed by atoms with Gasteiger partial charge in [0, 0.05) is 62.3 Å². The van der Waals surface area contributed by atoms with Crippen LogP contribution < -0.4 is 4.74 Å². The number of hydrogen-bond acceptors (Lipinski definition) is 3. The van der Waals surface area contributed by atoms with Crippen LogP contribution in [0, 0.1) is 6.92 Å². The number of urea groups is 1. The predicted molar refractivity (Wildman–Crippen MR) is 130 cm³/mol. The SMILES string of the molecule is CCN1C(=O)N2Cc3cc(C)cc(OC)c3[C@@H](C)C=C2C12CCN(Cc1cccn1C)CC2. The highest BCUT2D eigenvalue weighted by atomic mass is 16.5. The van der Waals surface area contributed by atoms with Gasteiger partial charge in [-0.25, -0.2) is 4.79 Å². The number of piperidine rings is 1. The number of fused-ring (bicyclic) bond motifs is 3. The van der Waals surface area contributed by atoms with E-state index in [1.807, 2.05) is 0 Å². The Hall–Kier alpha value is -2.73. The summed E-state index contributed by atoms with van der Waals surface area (Å²) in [7, 11) is 3.85. The molecule has 5 rings (SSSR count). The van der Waals surface area contributed by atoms with Crippen molar-refractivity contribution in [3.63, 3.8) is 0 Å². The number of aryl methyl sites for hydroxylation is 2. The molecular formula is C27H36N4O2. The summed E-state index contributed by atoms with van der Waals surface area (Å²) in [5, 5.41) is 0. The molecule has 0 saturated carbocycles. The number of allylic oxidation sites excluding steroid dienone is 1. The predicted octanol–water partition coefficient (Wildman–Crippen LogP) is 4.64. The zero-order valence-corrected chi connectivity index (χ0v) is 20.6. The first-order valence-electron chi connectivity index (χ1n) is 12.2. The van der Waals surface area contributed by atoms with Crippen LogP contribution in [-0.2, 0) is 20.1 Å². The van der Waals surface area contributed by atoms with Crippen LogP contribution in [0.2, 0.25) is 0 Å². The lowest BCUT2D eigenvalue weighted by atomic mass is 9.82. The van der Waals surface area contributed by atoms with Crippen LogP contribution in [0.1, 0.15) is 55.0 Å². The number of carbonyl (C=O) groups is 1. The Morgan fingerprint density at radius 3 is 2.61 bits per heavy atom.